The molecule has 0 aliphatic carbocycles. The highest BCUT2D eigenvalue weighted by Crippen LogP contribution is 2.26. The van der Waals surface area contributed by atoms with Crippen molar-refractivity contribution in [1.29, 1.82) is 0 Å². The van der Waals surface area contributed by atoms with Crippen molar-refractivity contribution in [3.05, 3.63) is 69.0 Å². The van der Waals surface area contributed by atoms with Crippen LogP contribution in [0.4, 0.5) is 10.8 Å². The van der Waals surface area contributed by atoms with Crippen LogP contribution in [0.2, 0.25) is 5.02 Å². The largest absolute Gasteiger partial charge is 0.494 e. The number of ether oxygens (including phenoxy) is 1. The lowest BCUT2D eigenvalue weighted by molar-refractivity contribution is -0.384. The molecular formula is C19H16ClN3O4S. The highest BCUT2D eigenvalue weighted by molar-refractivity contribution is 7.14. The van der Waals surface area contributed by atoms with E-state index in [1.54, 1.807) is 41.8 Å². The Hall–Kier alpha value is -2.97. The number of rotatable bonds is 8. The first-order valence-electron chi connectivity index (χ1n) is 8.40. The number of carbonyl (C=O) groups is 1. The van der Waals surface area contributed by atoms with E-state index in [1.807, 2.05) is 0 Å². The number of thiazole rings is 1. The lowest BCUT2D eigenvalue weighted by Crippen LogP contribution is -2.12. The lowest BCUT2D eigenvalue weighted by atomic mass is 10.1. The molecule has 0 radical (unpaired) electrons. The molecule has 7 nitrogen and oxygen atoms in total. The minimum absolute atomic E-state index is 0.0216. The molecule has 28 heavy (non-hydrogen) atoms. The maximum Gasteiger partial charge on any atom is 0.269 e. The van der Waals surface area contributed by atoms with Crippen molar-refractivity contribution >= 4 is 39.7 Å². The van der Waals surface area contributed by atoms with Crippen LogP contribution in [0.1, 0.15) is 12.8 Å². The van der Waals surface area contributed by atoms with Crippen LogP contribution in [0.3, 0.4) is 0 Å². The second-order valence-corrected chi connectivity index (χ2v) is 7.09. The number of anilines is 1. The number of nitrogens with one attached hydrogen (secondary N) is 1. The average molecular weight is 418 g/mol. The Morgan fingerprint density at radius 1 is 1.18 bits per heavy atom. The number of non-ortho nitro benzene ring substituents is 1. The molecule has 1 N–H and O–H groups in total. The first-order valence-corrected chi connectivity index (χ1v) is 9.65. The van der Waals surface area contributed by atoms with Crippen LogP contribution in [-0.4, -0.2) is 22.4 Å². The predicted octanol–water partition coefficient (Wildman–Crippen LogP) is 5.17. The third kappa shape index (κ3) is 5.51. The molecule has 1 aromatic heterocycles. The van der Waals surface area contributed by atoms with E-state index in [9.17, 15) is 14.9 Å². The number of hydrogen-bond acceptors (Lipinski definition) is 6. The number of nitrogens with zero attached hydrogens (tertiary/aromatic N) is 2. The molecule has 1 amide bonds. The van der Waals surface area contributed by atoms with E-state index in [4.69, 9.17) is 16.3 Å². The number of nitro benzene ring substituents is 1. The van der Waals surface area contributed by atoms with Gasteiger partial charge in [-0.25, -0.2) is 4.98 Å². The number of benzene rings is 2. The summed E-state index contributed by atoms with van der Waals surface area (Å²) in [6.07, 6.45) is 0.870. The van der Waals surface area contributed by atoms with Gasteiger partial charge in [0.15, 0.2) is 5.13 Å². The molecule has 0 saturated heterocycles. The Morgan fingerprint density at radius 3 is 2.57 bits per heavy atom. The summed E-state index contributed by atoms with van der Waals surface area (Å²) in [7, 11) is 0. The first kappa shape index (κ1) is 19.8. The normalized spacial score (nSPS) is 10.5. The fourth-order valence-corrected chi connectivity index (χ4v) is 3.21. The third-order valence-corrected chi connectivity index (χ3v) is 4.76. The van der Waals surface area contributed by atoms with Crippen LogP contribution in [0.25, 0.3) is 11.3 Å². The minimum atomic E-state index is -0.451. The zero-order valence-corrected chi connectivity index (χ0v) is 16.2. The number of aromatic nitrogens is 1. The molecule has 0 aliphatic rings. The van der Waals surface area contributed by atoms with Crippen molar-refractivity contribution in [2.45, 2.75) is 12.8 Å². The van der Waals surface area contributed by atoms with E-state index in [0.29, 0.717) is 41.0 Å². The maximum absolute atomic E-state index is 12.0. The number of hydrogen-bond donors (Lipinski definition) is 1. The zero-order valence-electron chi connectivity index (χ0n) is 14.6. The van der Waals surface area contributed by atoms with Gasteiger partial charge in [-0.1, -0.05) is 11.6 Å². The average Bonchev–Trinajstić information content (AvgIpc) is 3.15. The predicted molar refractivity (Wildman–Crippen MR) is 109 cm³/mol. The van der Waals surface area contributed by atoms with Gasteiger partial charge >= 0.3 is 0 Å². The molecule has 9 heteroatoms. The van der Waals surface area contributed by atoms with Crippen molar-refractivity contribution in [1.82, 2.24) is 4.98 Å². The van der Waals surface area contributed by atoms with Gasteiger partial charge in [0.2, 0.25) is 5.91 Å². The maximum atomic E-state index is 12.0. The monoisotopic (exact) mass is 417 g/mol. The van der Waals surface area contributed by atoms with Crippen LogP contribution in [0, 0.1) is 10.1 Å². The number of nitro groups is 1. The third-order valence-electron chi connectivity index (χ3n) is 3.75. The smallest absolute Gasteiger partial charge is 0.269 e. The molecule has 1 heterocycles. The number of carbonyl (C=O) groups excluding carboxylic acids is 1. The molecule has 0 saturated carbocycles. The SMILES string of the molecule is O=C(CCCOc1ccc(Cl)cc1)Nc1nc(-c2ccc([N+](=O)[O-])cc2)cs1. The number of halogens is 1. The molecule has 3 rings (SSSR count). The van der Waals surface area contributed by atoms with Gasteiger partial charge in [0, 0.05) is 34.5 Å². The summed E-state index contributed by atoms with van der Waals surface area (Å²) >= 11 is 7.11. The summed E-state index contributed by atoms with van der Waals surface area (Å²) in [5.74, 6) is 0.557. The van der Waals surface area contributed by atoms with Gasteiger partial charge in [0.05, 0.1) is 17.2 Å². The summed E-state index contributed by atoms with van der Waals surface area (Å²) in [4.78, 5) is 26.6. The molecule has 144 valence electrons. The Bertz CT molecular complexity index is 958. The van der Waals surface area contributed by atoms with Gasteiger partial charge in [0.25, 0.3) is 5.69 Å². The van der Waals surface area contributed by atoms with Gasteiger partial charge in [-0.05, 0) is 42.8 Å². The Kier molecular flexibility index (Phi) is 6.57. The first-order chi connectivity index (χ1) is 13.5. The lowest BCUT2D eigenvalue weighted by Gasteiger charge is -2.06. The van der Waals surface area contributed by atoms with Crippen molar-refractivity contribution in [3.63, 3.8) is 0 Å². The molecule has 0 unspecified atom stereocenters. The van der Waals surface area contributed by atoms with Crippen LogP contribution >= 0.6 is 22.9 Å². The number of amides is 1. The highest BCUT2D eigenvalue weighted by Gasteiger charge is 2.10. The molecule has 2 aromatic carbocycles. The van der Waals surface area contributed by atoms with E-state index in [-0.39, 0.29) is 11.6 Å². The van der Waals surface area contributed by atoms with E-state index in [2.05, 4.69) is 10.3 Å². The molecule has 0 fully saturated rings. The highest BCUT2D eigenvalue weighted by atomic mass is 35.5. The van der Waals surface area contributed by atoms with Gasteiger partial charge < -0.3 is 10.1 Å². The van der Waals surface area contributed by atoms with E-state index in [1.165, 1.54) is 23.5 Å². The van der Waals surface area contributed by atoms with Crippen molar-refractivity contribution in [2.24, 2.45) is 0 Å². The van der Waals surface area contributed by atoms with Crippen molar-refractivity contribution in [3.8, 4) is 17.0 Å². The van der Waals surface area contributed by atoms with Gasteiger partial charge in [0.1, 0.15) is 5.75 Å². The molecule has 3 aromatic rings. The fraction of sp³-hybridized carbons (Fsp3) is 0.158. The topological polar surface area (TPSA) is 94.4 Å². The van der Waals surface area contributed by atoms with Gasteiger partial charge in [-0.2, -0.15) is 0 Å². The van der Waals surface area contributed by atoms with Crippen LogP contribution in [-0.2, 0) is 4.79 Å². The molecule has 0 atom stereocenters. The van der Waals surface area contributed by atoms with Crippen molar-refractivity contribution < 1.29 is 14.5 Å². The van der Waals surface area contributed by atoms with Gasteiger partial charge in [-0.3, -0.25) is 14.9 Å². The summed E-state index contributed by atoms with van der Waals surface area (Å²) < 4.78 is 5.55. The summed E-state index contributed by atoms with van der Waals surface area (Å²) in [5, 5.41) is 16.4. The Balaban J connectivity index is 1.45. The van der Waals surface area contributed by atoms with E-state index < -0.39 is 4.92 Å². The van der Waals surface area contributed by atoms with Crippen LogP contribution in [0.5, 0.6) is 5.75 Å². The Morgan fingerprint density at radius 2 is 1.89 bits per heavy atom. The second kappa shape index (κ2) is 9.29. The Labute approximate surface area is 170 Å². The van der Waals surface area contributed by atoms with Gasteiger partial charge in [-0.15, -0.1) is 11.3 Å². The zero-order chi connectivity index (χ0) is 19.9. The van der Waals surface area contributed by atoms with Crippen LogP contribution in [0.15, 0.2) is 53.9 Å². The molecule has 0 aliphatic heterocycles. The fourth-order valence-electron chi connectivity index (χ4n) is 2.35. The van der Waals surface area contributed by atoms with E-state index in [0.717, 1.165) is 5.56 Å². The second-order valence-electron chi connectivity index (χ2n) is 5.80. The van der Waals surface area contributed by atoms with E-state index >= 15 is 0 Å². The molecule has 0 bridgehead atoms. The standard InChI is InChI=1S/C19H16ClN3O4S/c20-14-5-9-16(10-6-14)27-11-1-2-18(24)22-19-21-17(12-28-19)13-3-7-15(8-4-13)23(25)26/h3-10,12H,1-2,11H2,(H,21,22,24). The summed E-state index contributed by atoms with van der Waals surface area (Å²) in [6.45, 7) is 0.418. The molecular weight excluding hydrogens is 402 g/mol. The summed E-state index contributed by atoms with van der Waals surface area (Å²) in [6, 6.07) is 13.2. The quantitative estimate of drug-likeness (QED) is 0.310. The minimum Gasteiger partial charge on any atom is -0.494 e. The van der Waals surface area contributed by atoms with Crippen LogP contribution < -0.4 is 10.1 Å². The summed E-state index contributed by atoms with van der Waals surface area (Å²) in [5.41, 5.74) is 1.42. The molecule has 0 spiro atoms. The van der Waals surface area contributed by atoms with Crippen molar-refractivity contribution in [2.75, 3.05) is 11.9 Å².